The molecule has 10 nitrogen and oxygen atoms in total. The molecule has 0 saturated carbocycles. The zero-order chi connectivity index (χ0) is 34.5. The minimum Gasteiger partial charge on any atom is -0.479 e. The molecule has 2 aliphatic rings. The molecule has 0 atom stereocenters. The first-order chi connectivity index (χ1) is 23.6. The molecule has 4 aromatic rings. The van der Waals surface area contributed by atoms with Crippen molar-refractivity contribution in [2.75, 3.05) is 78.3 Å². The molecule has 2 aliphatic heterocycles. The average Bonchev–Trinajstić information content (AvgIpc) is 3.10. The maximum Gasteiger partial charge on any atom is 0.323 e. The van der Waals surface area contributed by atoms with E-state index in [2.05, 4.69) is 72.7 Å². The molecule has 3 amide bonds. The number of hydrogen-bond donors (Lipinski definition) is 3. The highest BCUT2D eigenvalue weighted by Gasteiger charge is 2.31. The van der Waals surface area contributed by atoms with Gasteiger partial charge < -0.3 is 30.6 Å². The van der Waals surface area contributed by atoms with Crippen molar-refractivity contribution in [1.29, 1.82) is 0 Å². The van der Waals surface area contributed by atoms with E-state index in [9.17, 15) is 9.59 Å². The van der Waals surface area contributed by atoms with Gasteiger partial charge in [0.15, 0.2) is 12.4 Å². The number of urea groups is 1. The van der Waals surface area contributed by atoms with Crippen LogP contribution in [0, 0.1) is 0 Å². The normalized spacial score (nSPS) is 15.2. The summed E-state index contributed by atoms with van der Waals surface area (Å²) in [5.74, 6) is 3.48. The van der Waals surface area contributed by atoms with Crippen LogP contribution in [-0.2, 0) is 10.2 Å². The van der Waals surface area contributed by atoms with Gasteiger partial charge in [-0.15, -0.1) is 0 Å². The molecule has 0 aliphatic carbocycles. The van der Waals surface area contributed by atoms with Crippen molar-refractivity contribution in [3.05, 3.63) is 72.4 Å². The van der Waals surface area contributed by atoms with E-state index < -0.39 is 6.03 Å². The molecule has 0 spiro atoms. The number of hydrogen-bond acceptors (Lipinski definition) is 8. The highest BCUT2D eigenvalue weighted by Crippen LogP contribution is 2.43. The number of nitrogens with zero attached hydrogens (tertiary/aromatic N) is 4. The van der Waals surface area contributed by atoms with Crippen LogP contribution in [0.2, 0.25) is 0 Å². The second kappa shape index (κ2) is 15.1. The Hall–Kier alpha value is -4.32. The molecule has 49 heavy (non-hydrogen) atoms. The van der Waals surface area contributed by atoms with Crippen LogP contribution in [0.1, 0.15) is 40.2 Å². The van der Waals surface area contributed by atoms with Gasteiger partial charge in [-0.25, -0.2) is 14.8 Å². The third-order valence-electron chi connectivity index (χ3n) is 9.18. The van der Waals surface area contributed by atoms with E-state index in [0.29, 0.717) is 29.4 Å². The summed E-state index contributed by atoms with van der Waals surface area (Å²) in [6.07, 6.45) is 1.89. The van der Waals surface area contributed by atoms with E-state index in [1.807, 2.05) is 66.5 Å². The molecule has 3 N–H and O–H groups in total. The zero-order valence-electron chi connectivity index (χ0n) is 29.1. The lowest BCUT2D eigenvalue weighted by Crippen LogP contribution is -2.43. The molecule has 0 unspecified atom stereocenters. The van der Waals surface area contributed by atoms with Crippen LogP contribution in [0.15, 0.2) is 66.9 Å². The maximum absolute atomic E-state index is 13.7. The Morgan fingerprint density at radius 2 is 1.69 bits per heavy atom. The van der Waals surface area contributed by atoms with Crippen molar-refractivity contribution in [1.82, 2.24) is 14.9 Å². The number of likely N-dealkylation sites (N-methyl/N-ethyl adjacent to an activating group) is 1. The summed E-state index contributed by atoms with van der Waals surface area (Å²) in [6, 6.07) is 19.7. The Bertz CT molecular complexity index is 1800. The number of pyridine rings is 1. The molecule has 1 saturated heterocycles. The van der Waals surface area contributed by atoms with Gasteiger partial charge in [0, 0.05) is 54.8 Å². The Kier molecular flexibility index (Phi) is 10.6. The van der Waals surface area contributed by atoms with Crippen molar-refractivity contribution in [2.45, 2.75) is 40.0 Å². The number of benzene rings is 3. The Balaban J connectivity index is 1.24. The van der Waals surface area contributed by atoms with E-state index in [-0.39, 0.29) is 17.9 Å². The fraction of sp³-hybridized carbons (Fsp3) is 0.395. The maximum atomic E-state index is 13.7. The van der Waals surface area contributed by atoms with Crippen LogP contribution >= 0.6 is 11.8 Å². The fourth-order valence-electron chi connectivity index (χ4n) is 6.26. The van der Waals surface area contributed by atoms with Crippen molar-refractivity contribution < 1.29 is 14.3 Å². The zero-order valence-corrected chi connectivity index (χ0v) is 30.0. The molecule has 258 valence electrons. The minimum absolute atomic E-state index is 0.0776. The highest BCUT2D eigenvalue weighted by molar-refractivity contribution is 7.99. The molecule has 11 heteroatoms. The van der Waals surface area contributed by atoms with E-state index in [0.717, 1.165) is 77.5 Å². The van der Waals surface area contributed by atoms with Gasteiger partial charge in [-0.1, -0.05) is 65.0 Å². The smallest absolute Gasteiger partial charge is 0.323 e. The van der Waals surface area contributed by atoms with Crippen molar-refractivity contribution in [3.8, 4) is 16.9 Å². The number of aromatic nitrogens is 1. The van der Waals surface area contributed by atoms with Gasteiger partial charge in [-0.2, -0.15) is 11.8 Å². The monoisotopic (exact) mass is 681 g/mol. The largest absolute Gasteiger partial charge is 0.479 e. The summed E-state index contributed by atoms with van der Waals surface area (Å²) in [4.78, 5) is 35.6. The van der Waals surface area contributed by atoms with Gasteiger partial charge in [0.2, 0.25) is 0 Å². The van der Waals surface area contributed by atoms with Crippen LogP contribution in [0.4, 0.5) is 27.7 Å². The fourth-order valence-corrected chi connectivity index (χ4v) is 7.16. The molecule has 3 aromatic carbocycles. The Morgan fingerprint density at radius 3 is 2.39 bits per heavy atom. The van der Waals surface area contributed by atoms with E-state index in [4.69, 9.17) is 9.72 Å². The SMILES string of the molecule is CCN(CC)CCN1C(=O)COc2c(NC(=O)Nc3ccc(-c4ccc(NN5CCSCC5)nc4)c4ccccc34)cc(C(C)(C)C)cc21. The molecule has 6 rings (SSSR count). The van der Waals surface area contributed by atoms with Gasteiger partial charge in [0.1, 0.15) is 5.82 Å². The minimum atomic E-state index is -0.394. The quantitative estimate of drug-likeness (QED) is 0.161. The van der Waals surface area contributed by atoms with Gasteiger partial charge in [-0.3, -0.25) is 4.79 Å². The summed E-state index contributed by atoms with van der Waals surface area (Å²) < 4.78 is 6.00. The predicted octanol–water partition coefficient (Wildman–Crippen LogP) is 7.29. The molecule has 0 bridgehead atoms. The second-order valence-corrected chi connectivity index (χ2v) is 14.6. The van der Waals surface area contributed by atoms with E-state index in [1.54, 1.807) is 4.90 Å². The van der Waals surface area contributed by atoms with E-state index >= 15 is 0 Å². The van der Waals surface area contributed by atoms with Crippen LogP contribution in [-0.4, -0.2) is 84.2 Å². The van der Waals surface area contributed by atoms with Crippen LogP contribution in [0.25, 0.3) is 21.9 Å². The number of nitrogens with one attached hydrogen (secondary N) is 3. The van der Waals surface area contributed by atoms with Gasteiger partial charge >= 0.3 is 6.03 Å². The topological polar surface area (TPSA) is 102 Å². The number of hydrazine groups is 1. The van der Waals surface area contributed by atoms with Crippen molar-refractivity contribution in [2.24, 2.45) is 0 Å². The first-order valence-electron chi connectivity index (χ1n) is 17.1. The summed E-state index contributed by atoms with van der Waals surface area (Å²) in [5.41, 5.74) is 8.12. The van der Waals surface area contributed by atoms with E-state index in [1.165, 1.54) is 0 Å². The molecule has 0 radical (unpaired) electrons. The molecular formula is C38H47N7O3S. The number of carbonyl (C=O) groups excluding carboxylic acids is 2. The summed E-state index contributed by atoms with van der Waals surface area (Å²) in [7, 11) is 0. The summed E-state index contributed by atoms with van der Waals surface area (Å²) in [6.45, 7) is 15.6. The van der Waals surface area contributed by atoms with Crippen LogP contribution in [0.5, 0.6) is 5.75 Å². The highest BCUT2D eigenvalue weighted by atomic mass is 32.2. The van der Waals surface area contributed by atoms with Crippen molar-refractivity contribution in [3.63, 3.8) is 0 Å². The Labute approximate surface area is 293 Å². The molecular weight excluding hydrogens is 635 g/mol. The lowest BCUT2D eigenvalue weighted by molar-refractivity contribution is -0.121. The van der Waals surface area contributed by atoms with Gasteiger partial charge in [0.25, 0.3) is 5.91 Å². The first-order valence-corrected chi connectivity index (χ1v) is 18.3. The summed E-state index contributed by atoms with van der Waals surface area (Å²) in [5, 5.41) is 10.3. The molecule has 3 heterocycles. The third-order valence-corrected chi connectivity index (χ3v) is 10.1. The average molecular weight is 682 g/mol. The number of carbonyl (C=O) groups is 2. The number of rotatable bonds is 10. The number of thioether (sulfide) groups is 1. The first kappa shape index (κ1) is 34.5. The number of ether oxygens (including phenoxy) is 1. The summed E-state index contributed by atoms with van der Waals surface area (Å²) >= 11 is 1.97. The predicted molar refractivity (Wildman–Crippen MR) is 203 cm³/mol. The van der Waals surface area contributed by atoms with Crippen LogP contribution < -0.4 is 25.7 Å². The number of anilines is 4. The van der Waals surface area contributed by atoms with Crippen LogP contribution in [0.3, 0.4) is 0 Å². The lowest BCUT2D eigenvalue weighted by atomic mass is 9.86. The number of amides is 3. The van der Waals surface area contributed by atoms with Gasteiger partial charge in [-0.05, 0) is 65.3 Å². The van der Waals surface area contributed by atoms with Crippen molar-refractivity contribution >= 4 is 57.4 Å². The third kappa shape index (κ3) is 7.95. The standard InChI is InChI=1S/C38H47N7O3S/c1-6-43(7-2)16-17-45-33-23-27(38(3,4)5)22-32(36(33)48-25-35(45)46)41-37(47)40-31-14-13-28(29-10-8-9-11-30(29)31)26-12-15-34(39-24-26)42-44-18-20-49-21-19-44/h8-15,22-24H,6-7,16-21,25H2,1-5H3,(H,39,42)(H2,40,41,47). The number of fused-ring (bicyclic) bond motifs is 2. The van der Waals surface area contributed by atoms with Gasteiger partial charge in [0.05, 0.1) is 17.1 Å². The lowest BCUT2D eigenvalue weighted by Gasteiger charge is -2.34. The molecule has 1 fully saturated rings. The Morgan fingerprint density at radius 1 is 0.959 bits per heavy atom. The molecule has 1 aromatic heterocycles. The second-order valence-electron chi connectivity index (χ2n) is 13.4.